The number of halogens is 1. The van der Waals surface area contributed by atoms with E-state index < -0.39 is 0 Å². The minimum atomic E-state index is -0.140. The maximum absolute atomic E-state index is 12.8. The van der Waals surface area contributed by atoms with Crippen LogP contribution >= 0.6 is 28.1 Å². The molecule has 37 heavy (non-hydrogen) atoms. The molecule has 0 unspecified atom stereocenters. The van der Waals surface area contributed by atoms with Crippen molar-refractivity contribution in [2.45, 2.75) is 32.4 Å². The lowest BCUT2D eigenvalue weighted by Gasteiger charge is -2.28. The second kappa shape index (κ2) is 10.9. The fraction of sp³-hybridized carbons (Fsp3) is 0.207. The van der Waals surface area contributed by atoms with Crippen LogP contribution in [0.5, 0.6) is 0 Å². The third kappa shape index (κ3) is 5.17. The van der Waals surface area contributed by atoms with Gasteiger partial charge < -0.3 is 20.1 Å². The van der Waals surface area contributed by atoms with Crippen LogP contribution in [-0.2, 0) is 4.79 Å². The number of nitrogens with zero attached hydrogens (tertiary/aromatic N) is 3. The van der Waals surface area contributed by atoms with Gasteiger partial charge in [0.15, 0.2) is 5.11 Å². The van der Waals surface area contributed by atoms with Crippen LogP contribution in [0.15, 0.2) is 89.5 Å². The maximum Gasteiger partial charge on any atom is 0.226 e. The summed E-state index contributed by atoms with van der Waals surface area (Å²) in [6.07, 6.45) is 2.11. The first-order valence-electron chi connectivity index (χ1n) is 12.2. The normalized spacial score (nSPS) is 17.1. The number of carbonyl (C=O) groups excluding carboxylic acids is 1. The largest absolute Gasteiger partial charge is 0.352 e. The van der Waals surface area contributed by atoms with E-state index >= 15 is 0 Å². The molecule has 1 aliphatic heterocycles. The Kier molecular flexibility index (Phi) is 7.39. The van der Waals surface area contributed by atoms with Crippen LogP contribution in [0.2, 0.25) is 0 Å². The fourth-order valence-electron chi connectivity index (χ4n) is 5.04. The molecular weight excluding hydrogens is 546 g/mol. The molecule has 188 valence electrons. The number of rotatable bonds is 7. The van der Waals surface area contributed by atoms with Crippen LogP contribution in [0.25, 0.3) is 5.69 Å². The van der Waals surface area contributed by atoms with Crippen molar-refractivity contribution in [3.63, 3.8) is 0 Å². The molecule has 0 saturated carbocycles. The molecule has 2 N–H and O–H groups in total. The predicted molar refractivity (Wildman–Crippen MR) is 155 cm³/mol. The number of carbonyl (C=O) groups is 1. The minimum absolute atomic E-state index is 0.0484. The van der Waals surface area contributed by atoms with E-state index in [-0.39, 0.29) is 18.0 Å². The number of anilines is 1. The molecule has 1 amide bonds. The molecule has 8 heteroatoms. The first kappa shape index (κ1) is 25.2. The van der Waals surface area contributed by atoms with E-state index in [0.29, 0.717) is 18.1 Å². The SMILES string of the molecule is Cc1cc([C@H]2[C@H](c3ccccn3)NC(=S)N2CCC(=O)Nc2ccccc2)c(C)n1-c1ccccc1Br. The summed E-state index contributed by atoms with van der Waals surface area (Å²) < 4.78 is 3.29. The number of nitrogens with one attached hydrogen (secondary N) is 2. The van der Waals surface area contributed by atoms with Gasteiger partial charge in [-0.05, 0) is 90.0 Å². The van der Waals surface area contributed by atoms with E-state index in [1.807, 2.05) is 60.7 Å². The van der Waals surface area contributed by atoms with Crippen LogP contribution in [-0.4, -0.2) is 32.0 Å². The number of pyridine rings is 1. The molecule has 5 rings (SSSR count). The zero-order valence-corrected chi connectivity index (χ0v) is 23.1. The molecule has 1 fully saturated rings. The van der Waals surface area contributed by atoms with Crippen molar-refractivity contribution < 1.29 is 4.79 Å². The highest BCUT2D eigenvalue weighted by Crippen LogP contribution is 2.41. The maximum atomic E-state index is 12.8. The lowest BCUT2D eigenvalue weighted by molar-refractivity contribution is -0.116. The van der Waals surface area contributed by atoms with E-state index in [4.69, 9.17) is 12.2 Å². The second-order valence-electron chi connectivity index (χ2n) is 9.10. The molecule has 0 radical (unpaired) electrons. The van der Waals surface area contributed by atoms with Gasteiger partial charge in [0.2, 0.25) is 5.91 Å². The Morgan fingerprint density at radius 1 is 1.05 bits per heavy atom. The van der Waals surface area contributed by atoms with E-state index in [1.165, 1.54) is 0 Å². The highest BCUT2D eigenvalue weighted by molar-refractivity contribution is 9.10. The van der Waals surface area contributed by atoms with E-state index in [1.54, 1.807) is 6.20 Å². The van der Waals surface area contributed by atoms with E-state index in [0.717, 1.165) is 38.5 Å². The Bertz CT molecular complexity index is 1420. The average molecular weight is 575 g/mol. The van der Waals surface area contributed by atoms with Gasteiger partial charge in [-0.2, -0.15) is 0 Å². The molecule has 2 aromatic heterocycles. The number of aromatic nitrogens is 2. The highest BCUT2D eigenvalue weighted by Gasteiger charge is 2.41. The number of hydrogen-bond acceptors (Lipinski definition) is 3. The molecule has 1 aliphatic rings. The summed E-state index contributed by atoms with van der Waals surface area (Å²) in [7, 11) is 0. The first-order valence-corrected chi connectivity index (χ1v) is 13.4. The van der Waals surface area contributed by atoms with Gasteiger partial charge in [-0.15, -0.1) is 0 Å². The number of benzene rings is 2. The van der Waals surface area contributed by atoms with Crippen molar-refractivity contribution in [3.8, 4) is 5.69 Å². The van der Waals surface area contributed by atoms with Crippen molar-refractivity contribution in [2.75, 3.05) is 11.9 Å². The molecule has 4 aromatic rings. The number of hydrogen-bond donors (Lipinski definition) is 2. The molecule has 6 nitrogen and oxygen atoms in total. The third-order valence-electron chi connectivity index (χ3n) is 6.72. The van der Waals surface area contributed by atoms with Crippen LogP contribution in [0.4, 0.5) is 5.69 Å². The molecule has 2 atom stereocenters. The van der Waals surface area contributed by atoms with Crippen LogP contribution < -0.4 is 10.6 Å². The fourth-order valence-corrected chi connectivity index (χ4v) is 5.84. The molecule has 2 aromatic carbocycles. The Labute approximate surface area is 230 Å². The molecular formula is C29H28BrN5OS. The number of para-hydroxylation sites is 2. The van der Waals surface area contributed by atoms with Crippen molar-refractivity contribution in [1.82, 2.24) is 19.8 Å². The molecule has 0 aliphatic carbocycles. The Morgan fingerprint density at radius 3 is 2.51 bits per heavy atom. The van der Waals surface area contributed by atoms with Gasteiger partial charge in [0.25, 0.3) is 0 Å². The number of aryl methyl sites for hydroxylation is 1. The van der Waals surface area contributed by atoms with Gasteiger partial charge in [-0.3, -0.25) is 9.78 Å². The zero-order chi connectivity index (χ0) is 25.9. The predicted octanol–water partition coefficient (Wildman–Crippen LogP) is 6.25. The Balaban J connectivity index is 1.49. The highest BCUT2D eigenvalue weighted by atomic mass is 79.9. The average Bonchev–Trinajstić information content (AvgIpc) is 3.38. The lowest BCUT2D eigenvalue weighted by Crippen LogP contribution is -2.32. The smallest absolute Gasteiger partial charge is 0.226 e. The Morgan fingerprint density at radius 2 is 1.78 bits per heavy atom. The van der Waals surface area contributed by atoms with Gasteiger partial charge >= 0.3 is 0 Å². The number of thiocarbonyl (C=S) groups is 1. The van der Waals surface area contributed by atoms with Gasteiger partial charge in [0.1, 0.15) is 0 Å². The summed E-state index contributed by atoms with van der Waals surface area (Å²) in [5, 5.41) is 7.10. The summed E-state index contributed by atoms with van der Waals surface area (Å²) in [5.41, 5.74) is 6.19. The van der Waals surface area contributed by atoms with Gasteiger partial charge in [-0.1, -0.05) is 36.4 Å². The van der Waals surface area contributed by atoms with Crippen molar-refractivity contribution in [3.05, 3.63) is 112 Å². The second-order valence-corrected chi connectivity index (χ2v) is 10.3. The summed E-state index contributed by atoms with van der Waals surface area (Å²) in [6, 6.07) is 25.6. The molecule has 1 saturated heterocycles. The van der Waals surface area contributed by atoms with Gasteiger partial charge in [0, 0.05) is 40.7 Å². The quantitative estimate of drug-likeness (QED) is 0.256. The summed E-state index contributed by atoms with van der Waals surface area (Å²) in [6.45, 7) is 4.74. The molecule has 0 spiro atoms. The van der Waals surface area contributed by atoms with Crippen molar-refractivity contribution in [2.24, 2.45) is 0 Å². The van der Waals surface area contributed by atoms with Crippen LogP contribution in [0.1, 0.15) is 41.1 Å². The van der Waals surface area contributed by atoms with Crippen LogP contribution in [0.3, 0.4) is 0 Å². The third-order valence-corrected chi connectivity index (χ3v) is 7.74. The number of amides is 1. The van der Waals surface area contributed by atoms with Gasteiger partial charge in [0.05, 0.1) is 23.5 Å². The minimum Gasteiger partial charge on any atom is -0.352 e. The molecule has 3 heterocycles. The zero-order valence-electron chi connectivity index (χ0n) is 20.7. The Hall–Kier alpha value is -3.49. The van der Waals surface area contributed by atoms with Crippen molar-refractivity contribution >= 4 is 44.9 Å². The van der Waals surface area contributed by atoms with E-state index in [2.05, 4.69) is 73.1 Å². The lowest BCUT2D eigenvalue weighted by atomic mass is 9.96. The summed E-state index contributed by atoms with van der Waals surface area (Å²) in [4.78, 5) is 19.6. The monoisotopic (exact) mass is 573 g/mol. The van der Waals surface area contributed by atoms with Crippen LogP contribution in [0, 0.1) is 13.8 Å². The first-order chi connectivity index (χ1) is 17.9. The summed E-state index contributed by atoms with van der Waals surface area (Å²) >= 11 is 9.53. The van der Waals surface area contributed by atoms with Crippen molar-refractivity contribution in [1.29, 1.82) is 0 Å². The topological polar surface area (TPSA) is 62.2 Å². The standard InChI is InChI=1S/C29H28BrN5OS/c1-19-18-22(20(2)35(19)25-14-7-6-12-23(25)30)28-27(24-13-8-9-16-31-24)33-29(37)34(28)17-15-26(36)32-21-10-4-3-5-11-21/h3-14,16,18,27-28H,15,17H2,1-2H3,(H,32,36)(H,33,37)/t27-,28-/m0/s1. The van der Waals surface area contributed by atoms with E-state index in [9.17, 15) is 4.79 Å². The molecule has 0 bridgehead atoms. The summed E-state index contributed by atoms with van der Waals surface area (Å²) in [5.74, 6) is -0.0484. The van der Waals surface area contributed by atoms with Gasteiger partial charge in [-0.25, -0.2) is 0 Å².